The van der Waals surface area contributed by atoms with Gasteiger partial charge in [0, 0.05) is 33.1 Å². The molecule has 0 aromatic rings. The van der Waals surface area contributed by atoms with Gasteiger partial charge >= 0.3 is 11.9 Å². The van der Waals surface area contributed by atoms with Gasteiger partial charge in [-0.15, -0.1) is 12.3 Å². The molecule has 0 saturated carbocycles. The van der Waals surface area contributed by atoms with Crippen molar-refractivity contribution < 1.29 is 43.0 Å². The van der Waals surface area contributed by atoms with Gasteiger partial charge in [-0.2, -0.15) is 0 Å². The second-order valence-corrected chi connectivity index (χ2v) is 16.9. The highest BCUT2D eigenvalue weighted by atomic mass is 16.6. The van der Waals surface area contributed by atoms with E-state index < -0.39 is 108 Å². The van der Waals surface area contributed by atoms with Gasteiger partial charge in [0.1, 0.15) is 24.2 Å². The molecule has 2 rings (SSSR count). The number of fused-ring (bicyclic) bond motifs is 1. The molecule has 2 heterocycles. The molecule has 2 aliphatic rings. The van der Waals surface area contributed by atoms with E-state index in [1.165, 1.54) is 28.8 Å². The van der Waals surface area contributed by atoms with Crippen molar-refractivity contribution in [3.05, 3.63) is 0 Å². The first-order chi connectivity index (χ1) is 25.6. The summed E-state index contributed by atoms with van der Waals surface area (Å²) in [5.41, 5.74) is 0. The van der Waals surface area contributed by atoms with Gasteiger partial charge in [-0.3, -0.25) is 28.8 Å². The molecule has 0 bridgehead atoms. The summed E-state index contributed by atoms with van der Waals surface area (Å²) in [6, 6.07) is -4.81. The SMILES string of the molecule is C#CCCCC1CC(=O)O[C@@H](C(C)C)C(=O)N2CCC[C@H]2C(=O)N(C)[C@@H](C(C)C)C(=O)O[C@@H](C(C)C)C(=O)N(C)[C@@H](C(C)C)C(=O)N[C@@H](CC(C)C)C(=O)N1. The van der Waals surface area contributed by atoms with E-state index in [0.29, 0.717) is 32.1 Å². The summed E-state index contributed by atoms with van der Waals surface area (Å²) in [5.74, 6) is -3.48. The second kappa shape index (κ2) is 21.2. The summed E-state index contributed by atoms with van der Waals surface area (Å²) in [6.07, 6.45) is 5.08. The lowest BCUT2D eigenvalue weighted by molar-refractivity contribution is -0.172. The molecule has 55 heavy (non-hydrogen) atoms. The van der Waals surface area contributed by atoms with E-state index in [-0.39, 0.29) is 25.3 Å². The van der Waals surface area contributed by atoms with Crippen molar-refractivity contribution in [2.24, 2.45) is 29.6 Å². The van der Waals surface area contributed by atoms with Crippen molar-refractivity contribution in [1.82, 2.24) is 25.3 Å². The molecule has 2 fully saturated rings. The molecule has 2 saturated heterocycles. The second-order valence-electron chi connectivity index (χ2n) is 16.9. The first-order valence-corrected chi connectivity index (χ1v) is 19.9. The predicted octanol–water partition coefficient (Wildman–Crippen LogP) is 3.30. The van der Waals surface area contributed by atoms with Crippen LogP contribution in [0.3, 0.4) is 0 Å². The summed E-state index contributed by atoms with van der Waals surface area (Å²) in [7, 11) is 2.94. The summed E-state index contributed by atoms with van der Waals surface area (Å²) < 4.78 is 11.8. The fraction of sp³-hybridized carbons (Fsp3) is 0.780. The Morgan fingerprint density at radius 1 is 0.727 bits per heavy atom. The van der Waals surface area contributed by atoms with Gasteiger partial charge in [-0.1, -0.05) is 69.2 Å². The number of esters is 2. The Kier molecular flexibility index (Phi) is 18.1. The number of likely N-dealkylation sites (N-methyl/N-ethyl adjacent to an activating group) is 2. The summed E-state index contributed by atoms with van der Waals surface area (Å²) in [6.45, 7) is 18.0. The normalized spacial score (nSPS) is 27.5. The van der Waals surface area contributed by atoms with E-state index in [1.807, 2.05) is 13.8 Å². The molecule has 0 radical (unpaired) electrons. The summed E-state index contributed by atoms with van der Waals surface area (Å²) in [5, 5.41) is 5.78. The number of hydrogen-bond donors (Lipinski definition) is 2. The van der Waals surface area contributed by atoms with Crippen molar-refractivity contribution in [3.63, 3.8) is 0 Å². The quantitative estimate of drug-likeness (QED) is 0.203. The lowest BCUT2D eigenvalue weighted by Gasteiger charge is -2.37. The minimum Gasteiger partial charge on any atom is -0.452 e. The van der Waals surface area contributed by atoms with Gasteiger partial charge in [0.05, 0.1) is 6.42 Å². The topological polar surface area (TPSA) is 172 Å². The molecule has 0 aromatic carbocycles. The maximum Gasteiger partial charge on any atom is 0.329 e. The third-order valence-corrected chi connectivity index (χ3v) is 10.3. The summed E-state index contributed by atoms with van der Waals surface area (Å²) >= 11 is 0. The van der Waals surface area contributed by atoms with E-state index in [0.717, 1.165) is 0 Å². The minimum atomic E-state index is -1.29. The number of ether oxygens (including phenoxy) is 2. The van der Waals surface area contributed by atoms with E-state index in [4.69, 9.17) is 15.9 Å². The molecule has 14 heteroatoms. The van der Waals surface area contributed by atoms with Gasteiger partial charge < -0.3 is 34.8 Å². The van der Waals surface area contributed by atoms with Crippen LogP contribution in [0.5, 0.6) is 0 Å². The van der Waals surface area contributed by atoms with Crippen molar-refractivity contribution in [2.45, 2.75) is 157 Å². The zero-order valence-electron chi connectivity index (χ0n) is 35.2. The molecule has 1 unspecified atom stereocenters. The number of hydrogen-bond acceptors (Lipinski definition) is 9. The van der Waals surface area contributed by atoms with Crippen LogP contribution in [0.1, 0.15) is 114 Å². The molecule has 310 valence electrons. The van der Waals surface area contributed by atoms with Crippen LogP contribution < -0.4 is 10.6 Å². The van der Waals surface area contributed by atoms with Crippen LogP contribution >= 0.6 is 0 Å². The smallest absolute Gasteiger partial charge is 0.329 e. The van der Waals surface area contributed by atoms with E-state index in [1.54, 1.807) is 55.4 Å². The number of amides is 5. The van der Waals surface area contributed by atoms with Crippen LogP contribution in [0.2, 0.25) is 0 Å². The van der Waals surface area contributed by atoms with Gasteiger partial charge in [-0.05, 0) is 61.7 Å². The lowest BCUT2D eigenvalue weighted by atomic mass is 9.97. The Morgan fingerprint density at radius 2 is 1.29 bits per heavy atom. The molecular weight excluding hydrogens is 706 g/mol. The van der Waals surface area contributed by atoms with Crippen LogP contribution in [-0.2, 0) is 43.0 Å². The first kappa shape index (κ1) is 47.0. The lowest BCUT2D eigenvalue weighted by Crippen LogP contribution is -2.59. The molecule has 14 nitrogen and oxygen atoms in total. The Balaban J connectivity index is 2.72. The third-order valence-electron chi connectivity index (χ3n) is 10.3. The maximum absolute atomic E-state index is 14.2. The molecule has 0 aromatic heterocycles. The Hall–Kier alpha value is -4.15. The molecule has 0 aliphatic carbocycles. The average molecular weight is 774 g/mol. The fourth-order valence-corrected chi connectivity index (χ4v) is 7.43. The van der Waals surface area contributed by atoms with Gasteiger partial charge in [0.15, 0.2) is 12.2 Å². The predicted molar refractivity (Wildman–Crippen MR) is 208 cm³/mol. The highest BCUT2D eigenvalue weighted by molar-refractivity contribution is 5.95. The molecule has 7 atom stereocenters. The van der Waals surface area contributed by atoms with Crippen molar-refractivity contribution in [1.29, 1.82) is 0 Å². The molecule has 2 aliphatic heterocycles. The zero-order valence-corrected chi connectivity index (χ0v) is 35.2. The van der Waals surface area contributed by atoms with Crippen LogP contribution in [0, 0.1) is 41.9 Å². The monoisotopic (exact) mass is 773 g/mol. The van der Waals surface area contributed by atoms with Gasteiger partial charge in [0.2, 0.25) is 17.7 Å². The third kappa shape index (κ3) is 12.7. The van der Waals surface area contributed by atoms with Crippen LogP contribution in [0.25, 0.3) is 0 Å². The molecule has 5 amide bonds. The van der Waals surface area contributed by atoms with Gasteiger partial charge in [0.25, 0.3) is 11.8 Å². The van der Waals surface area contributed by atoms with Gasteiger partial charge in [-0.25, -0.2) is 4.79 Å². The van der Waals surface area contributed by atoms with Crippen LogP contribution in [-0.4, -0.2) is 119 Å². The number of nitrogens with zero attached hydrogens (tertiary/aromatic N) is 3. The van der Waals surface area contributed by atoms with E-state index >= 15 is 0 Å². The van der Waals surface area contributed by atoms with Crippen LogP contribution in [0.15, 0.2) is 0 Å². The van der Waals surface area contributed by atoms with Crippen molar-refractivity contribution in [3.8, 4) is 12.3 Å². The molecular formula is C41H67N5O9. The molecule has 2 N–H and O–H groups in total. The number of carbonyl (C=O) groups excluding carboxylic acids is 7. The highest BCUT2D eigenvalue weighted by Gasteiger charge is 2.45. The fourth-order valence-electron chi connectivity index (χ4n) is 7.43. The summed E-state index contributed by atoms with van der Waals surface area (Å²) in [4.78, 5) is 102. The number of cyclic esters (lactones) is 2. The number of rotatable bonds is 9. The zero-order chi connectivity index (χ0) is 41.9. The van der Waals surface area contributed by atoms with E-state index in [2.05, 4.69) is 16.6 Å². The number of unbranched alkanes of at least 4 members (excludes halogenated alkanes) is 1. The highest BCUT2D eigenvalue weighted by Crippen LogP contribution is 2.26. The first-order valence-electron chi connectivity index (χ1n) is 19.9. The number of carbonyl (C=O) groups is 7. The largest absolute Gasteiger partial charge is 0.452 e. The van der Waals surface area contributed by atoms with Crippen LogP contribution in [0.4, 0.5) is 0 Å². The standard InChI is InChI=1S/C41H67N5O9/c1-14-15-16-18-28-22-31(47)54-35(27(10)11)40(52)46-20-17-19-30(46)38(50)45(13)33(25(6)7)41(53)55-34(26(8)9)39(51)44(12)32(24(4)5)37(49)43-29(21-23(2)3)36(48)42-28/h1,23-30,32-35H,15-22H2,2-13H3,(H,42,48)(H,43,49)/t28?,29-,30-,32-,33-,34-,35-/m0/s1. The molecule has 0 spiro atoms. The minimum absolute atomic E-state index is 0.0211. The number of terminal acetylenes is 1. The van der Waals surface area contributed by atoms with Crippen molar-refractivity contribution >= 4 is 41.5 Å². The average Bonchev–Trinajstić information content (AvgIpc) is 3.57. The Bertz CT molecular complexity index is 1420. The van der Waals surface area contributed by atoms with E-state index in [9.17, 15) is 33.6 Å². The van der Waals surface area contributed by atoms with Crippen molar-refractivity contribution in [2.75, 3.05) is 20.6 Å². The Morgan fingerprint density at radius 3 is 1.82 bits per heavy atom. The maximum atomic E-state index is 14.2. The Labute approximate surface area is 328 Å². The number of nitrogens with one attached hydrogen (secondary N) is 2.